The molecule has 1 atom stereocenters. The first-order valence-electron chi connectivity index (χ1n) is 8.22. The van der Waals surface area contributed by atoms with E-state index in [-0.39, 0.29) is 5.91 Å². The molecule has 0 aliphatic carbocycles. The molecular formula is C20H15Cl2N3O2. The predicted octanol–water partition coefficient (Wildman–Crippen LogP) is 5.17. The molecule has 3 aromatic rings. The van der Waals surface area contributed by atoms with E-state index in [1.54, 1.807) is 48.5 Å². The molecule has 136 valence electrons. The number of rotatable bonds is 4. The van der Waals surface area contributed by atoms with Crippen molar-refractivity contribution < 1.29 is 9.53 Å². The highest BCUT2D eigenvalue weighted by molar-refractivity contribution is 6.36. The van der Waals surface area contributed by atoms with Crippen LogP contribution in [0.25, 0.3) is 0 Å². The summed E-state index contributed by atoms with van der Waals surface area (Å²) in [5, 5.41) is 4.32. The van der Waals surface area contributed by atoms with E-state index < -0.39 is 6.17 Å². The number of halogens is 2. The molecule has 0 radical (unpaired) electrons. The van der Waals surface area contributed by atoms with Crippen LogP contribution in [0, 0.1) is 0 Å². The minimum Gasteiger partial charge on any atom is -0.497 e. The molecule has 4 rings (SSSR count). The zero-order valence-electron chi connectivity index (χ0n) is 14.3. The Kier molecular flexibility index (Phi) is 4.64. The highest BCUT2D eigenvalue weighted by atomic mass is 35.5. The molecule has 0 spiro atoms. The van der Waals surface area contributed by atoms with Crippen LogP contribution in [0.3, 0.4) is 0 Å². The smallest absolute Gasteiger partial charge is 0.262 e. The maximum absolute atomic E-state index is 13.1. The summed E-state index contributed by atoms with van der Waals surface area (Å²) in [6, 6.07) is 16.0. The van der Waals surface area contributed by atoms with Crippen molar-refractivity contribution in [3.8, 4) is 5.75 Å². The number of aromatic nitrogens is 1. The molecule has 2 heterocycles. The Morgan fingerprint density at radius 3 is 2.74 bits per heavy atom. The number of amides is 1. The van der Waals surface area contributed by atoms with Crippen LogP contribution in [0.2, 0.25) is 10.0 Å². The van der Waals surface area contributed by atoms with Crippen LogP contribution in [0.5, 0.6) is 5.75 Å². The van der Waals surface area contributed by atoms with Gasteiger partial charge in [0.05, 0.1) is 34.8 Å². The number of carbonyl (C=O) groups excluding carboxylic acids is 1. The van der Waals surface area contributed by atoms with E-state index in [1.807, 2.05) is 24.3 Å². The van der Waals surface area contributed by atoms with E-state index in [4.69, 9.17) is 27.9 Å². The Morgan fingerprint density at radius 1 is 1.11 bits per heavy atom. The van der Waals surface area contributed by atoms with Gasteiger partial charge in [-0.1, -0.05) is 29.3 Å². The van der Waals surface area contributed by atoms with Gasteiger partial charge in [0.2, 0.25) is 0 Å². The Morgan fingerprint density at radius 2 is 1.96 bits per heavy atom. The number of methoxy groups -OCH3 is 1. The molecule has 5 nitrogen and oxygen atoms in total. The lowest BCUT2D eigenvalue weighted by Crippen LogP contribution is -2.32. The molecule has 7 heteroatoms. The zero-order chi connectivity index (χ0) is 19.0. The number of hydrogen-bond acceptors (Lipinski definition) is 4. The van der Waals surface area contributed by atoms with Gasteiger partial charge in [0.1, 0.15) is 5.75 Å². The first-order valence-corrected chi connectivity index (χ1v) is 8.98. The van der Waals surface area contributed by atoms with E-state index in [0.29, 0.717) is 38.4 Å². The number of ether oxygens (including phenoxy) is 1. The highest BCUT2D eigenvalue weighted by Crippen LogP contribution is 2.39. The molecule has 2 aromatic carbocycles. The lowest BCUT2D eigenvalue weighted by atomic mass is 10.2. The third kappa shape index (κ3) is 3.20. The Hall–Kier alpha value is -2.76. The van der Waals surface area contributed by atoms with Gasteiger partial charge in [-0.25, -0.2) is 0 Å². The van der Waals surface area contributed by atoms with Crippen molar-refractivity contribution in [1.82, 2.24) is 4.98 Å². The van der Waals surface area contributed by atoms with E-state index in [2.05, 4.69) is 10.3 Å². The summed E-state index contributed by atoms with van der Waals surface area (Å²) in [4.78, 5) is 19.2. The summed E-state index contributed by atoms with van der Waals surface area (Å²) in [6.07, 6.45) is 1.15. The van der Waals surface area contributed by atoms with E-state index in [9.17, 15) is 4.79 Å². The minimum absolute atomic E-state index is 0.145. The van der Waals surface area contributed by atoms with Crippen LogP contribution in [0.1, 0.15) is 22.2 Å². The molecule has 0 saturated carbocycles. The van der Waals surface area contributed by atoms with Gasteiger partial charge in [-0.3, -0.25) is 14.7 Å². The second-order valence-corrected chi connectivity index (χ2v) is 6.83. The van der Waals surface area contributed by atoms with Crippen molar-refractivity contribution >= 4 is 40.5 Å². The van der Waals surface area contributed by atoms with Crippen molar-refractivity contribution in [3.05, 3.63) is 82.1 Å². The fourth-order valence-corrected chi connectivity index (χ4v) is 3.56. The molecule has 0 fully saturated rings. The first kappa shape index (κ1) is 17.6. The highest BCUT2D eigenvalue weighted by Gasteiger charge is 2.39. The molecule has 0 unspecified atom stereocenters. The van der Waals surface area contributed by atoms with Crippen LogP contribution in [-0.4, -0.2) is 18.0 Å². The van der Waals surface area contributed by atoms with Crippen LogP contribution in [0.15, 0.2) is 60.8 Å². The number of pyridine rings is 1. The molecular weight excluding hydrogens is 385 g/mol. The minimum atomic E-state index is -0.514. The number of fused-ring (bicyclic) bond motifs is 1. The van der Waals surface area contributed by atoms with Gasteiger partial charge < -0.3 is 10.1 Å². The molecule has 0 bridgehead atoms. The third-order valence-corrected chi connectivity index (χ3v) is 4.91. The number of hydrogen-bond donors (Lipinski definition) is 1. The van der Waals surface area contributed by atoms with Gasteiger partial charge in [-0.15, -0.1) is 0 Å². The summed E-state index contributed by atoms with van der Waals surface area (Å²) >= 11 is 12.3. The number of nitrogens with zero attached hydrogens (tertiary/aromatic N) is 2. The van der Waals surface area contributed by atoms with Gasteiger partial charge in [0, 0.05) is 17.3 Å². The van der Waals surface area contributed by atoms with Crippen molar-refractivity contribution in [3.63, 3.8) is 0 Å². The largest absolute Gasteiger partial charge is 0.497 e. The van der Waals surface area contributed by atoms with Crippen molar-refractivity contribution in [2.45, 2.75) is 6.17 Å². The topological polar surface area (TPSA) is 54.5 Å². The van der Waals surface area contributed by atoms with Gasteiger partial charge in [-0.2, -0.15) is 0 Å². The molecule has 1 aliphatic rings. The fraction of sp³-hybridized carbons (Fsp3) is 0.100. The lowest BCUT2D eigenvalue weighted by molar-refractivity contribution is 0.0993. The van der Waals surface area contributed by atoms with E-state index >= 15 is 0 Å². The standard InChI is InChI=1S/C20H15Cl2N3O2/c1-27-14-5-2-4-13(11-14)25-19(18-15(20(25)26)6-3-9-23-18)24-17-8-7-12(21)10-16(17)22/h2-11,19,24H,1H3/t19-/m0/s1. The maximum Gasteiger partial charge on any atom is 0.262 e. The summed E-state index contributed by atoms with van der Waals surface area (Å²) in [5.41, 5.74) is 2.53. The number of nitrogens with one attached hydrogen (secondary N) is 1. The van der Waals surface area contributed by atoms with Gasteiger partial charge in [0.25, 0.3) is 5.91 Å². The molecule has 1 aliphatic heterocycles. The number of anilines is 2. The zero-order valence-corrected chi connectivity index (χ0v) is 15.8. The first-order chi connectivity index (χ1) is 13.1. The second kappa shape index (κ2) is 7.10. The van der Waals surface area contributed by atoms with E-state index in [0.717, 1.165) is 0 Å². The average molecular weight is 400 g/mol. The SMILES string of the molecule is COc1cccc(N2C(=O)c3cccnc3[C@H]2Nc2ccc(Cl)cc2Cl)c1. The van der Waals surface area contributed by atoms with E-state index in [1.165, 1.54) is 0 Å². The van der Waals surface area contributed by atoms with Crippen LogP contribution < -0.4 is 15.0 Å². The summed E-state index contributed by atoms with van der Waals surface area (Å²) in [6.45, 7) is 0. The molecule has 1 aromatic heterocycles. The normalized spacial score (nSPS) is 15.6. The molecule has 1 N–H and O–H groups in total. The van der Waals surface area contributed by atoms with Crippen LogP contribution in [0.4, 0.5) is 11.4 Å². The lowest BCUT2D eigenvalue weighted by Gasteiger charge is -2.27. The Bertz CT molecular complexity index is 1030. The maximum atomic E-state index is 13.1. The van der Waals surface area contributed by atoms with Gasteiger partial charge in [0.15, 0.2) is 6.17 Å². The van der Waals surface area contributed by atoms with Crippen molar-refractivity contribution in [2.75, 3.05) is 17.3 Å². The average Bonchev–Trinajstić information content (AvgIpc) is 2.96. The summed E-state index contributed by atoms with van der Waals surface area (Å²) < 4.78 is 5.30. The van der Waals surface area contributed by atoms with Crippen molar-refractivity contribution in [1.29, 1.82) is 0 Å². The Labute approximate surface area is 166 Å². The van der Waals surface area contributed by atoms with Crippen LogP contribution >= 0.6 is 23.2 Å². The van der Waals surface area contributed by atoms with Crippen LogP contribution in [-0.2, 0) is 0 Å². The summed E-state index contributed by atoms with van der Waals surface area (Å²) in [5.74, 6) is 0.515. The van der Waals surface area contributed by atoms with Gasteiger partial charge >= 0.3 is 0 Å². The quantitative estimate of drug-likeness (QED) is 0.657. The summed E-state index contributed by atoms with van der Waals surface area (Å²) in [7, 11) is 1.59. The van der Waals surface area contributed by atoms with Crippen molar-refractivity contribution in [2.24, 2.45) is 0 Å². The third-order valence-electron chi connectivity index (χ3n) is 4.36. The van der Waals surface area contributed by atoms with Gasteiger partial charge in [-0.05, 0) is 42.5 Å². The number of carbonyl (C=O) groups is 1. The predicted molar refractivity (Wildman–Crippen MR) is 107 cm³/mol. The Balaban J connectivity index is 1.80. The monoisotopic (exact) mass is 399 g/mol. The molecule has 27 heavy (non-hydrogen) atoms. The molecule has 1 amide bonds. The second-order valence-electron chi connectivity index (χ2n) is 5.98. The number of benzene rings is 2. The molecule has 0 saturated heterocycles. The fourth-order valence-electron chi connectivity index (χ4n) is 3.10.